The van der Waals surface area contributed by atoms with Crippen molar-refractivity contribution < 1.29 is 4.79 Å². The van der Waals surface area contributed by atoms with E-state index in [1.165, 1.54) is 6.33 Å². The third-order valence-corrected chi connectivity index (χ3v) is 3.77. The van der Waals surface area contributed by atoms with Crippen LogP contribution >= 0.6 is 27.5 Å². The first-order valence-electron chi connectivity index (χ1n) is 4.80. The van der Waals surface area contributed by atoms with Gasteiger partial charge in [0.25, 0.3) is 0 Å². The standard InChI is InChI=1S/C9H10BrClN4O/c10-7-8(11)13-4-14-9(7)15-3-5(2-12)1-6(15)16/h4-5H,1-3,12H2. The summed E-state index contributed by atoms with van der Waals surface area (Å²) in [7, 11) is 0. The highest BCUT2D eigenvalue weighted by Crippen LogP contribution is 2.32. The van der Waals surface area contributed by atoms with Crippen LogP contribution in [0.5, 0.6) is 0 Å². The number of amides is 1. The van der Waals surface area contributed by atoms with E-state index in [1.807, 2.05) is 0 Å². The van der Waals surface area contributed by atoms with Crippen molar-refractivity contribution in [1.82, 2.24) is 9.97 Å². The van der Waals surface area contributed by atoms with Gasteiger partial charge in [-0.25, -0.2) is 9.97 Å². The Morgan fingerprint density at radius 3 is 3.00 bits per heavy atom. The molecule has 0 spiro atoms. The summed E-state index contributed by atoms with van der Waals surface area (Å²) >= 11 is 9.13. The number of rotatable bonds is 2. The Bertz CT molecular complexity index is 428. The van der Waals surface area contributed by atoms with Crippen LogP contribution in [0.3, 0.4) is 0 Å². The van der Waals surface area contributed by atoms with Crippen LogP contribution in [0.25, 0.3) is 0 Å². The maximum Gasteiger partial charge on any atom is 0.228 e. The Morgan fingerprint density at radius 1 is 1.62 bits per heavy atom. The number of aromatic nitrogens is 2. The zero-order valence-corrected chi connectivity index (χ0v) is 10.7. The van der Waals surface area contributed by atoms with Crippen LogP contribution < -0.4 is 10.6 Å². The lowest BCUT2D eigenvalue weighted by molar-refractivity contribution is -0.117. The molecule has 0 saturated carbocycles. The summed E-state index contributed by atoms with van der Waals surface area (Å²) in [6.45, 7) is 1.08. The van der Waals surface area contributed by atoms with Crippen LogP contribution in [-0.4, -0.2) is 29.0 Å². The molecular formula is C9H10BrClN4O. The van der Waals surface area contributed by atoms with Gasteiger partial charge in [-0.1, -0.05) is 11.6 Å². The summed E-state index contributed by atoms with van der Waals surface area (Å²) in [6.07, 6.45) is 1.80. The van der Waals surface area contributed by atoms with Gasteiger partial charge in [-0.05, 0) is 28.4 Å². The lowest BCUT2D eigenvalue weighted by atomic mass is 10.1. The first kappa shape index (κ1) is 11.8. The second-order valence-corrected chi connectivity index (χ2v) is 4.76. The summed E-state index contributed by atoms with van der Waals surface area (Å²) in [5, 5.41) is 0.300. The number of anilines is 1. The van der Waals surface area contributed by atoms with E-state index in [4.69, 9.17) is 17.3 Å². The monoisotopic (exact) mass is 304 g/mol. The second-order valence-electron chi connectivity index (χ2n) is 3.61. The lowest BCUT2D eigenvalue weighted by Gasteiger charge is -2.16. The van der Waals surface area contributed by atoms with Gasteiger partial charge < -0.3 is 5.73 Å². The average molecular weight is 306 g/mol. The van der Waals surface area contributed by atoms with E-state index >= 15 is 0 Å². The molecule has 0 radical (unpaired) electrons. The van der Waals surface area contributed by atoms with Gasteiger partial charge in [0.2, 0.25) is 5.91 Å². The fraction of sp³-hybridized carbons (Fsp3) is 0.444. The summed E-state index contributed by atoms with van der Waals surface area (Å²) < 4.78 is 0.544. The van der Waals surface area contributed by atoms with Crippen LogP contribution in [0, 0.1) is 5.92 Å². The molecule has 1 aromatic heterocycles. The molecule has 1 amide bonds. The van der Waals surface area contributed by atoms with Gasteiger partial charge in [-0.3, -0.25) is 9.69 Å². The van der Waals surface area contributed by atoms with Gasteiger partial charge in [0.1, 0.15) is 11.5 Å². The number of carbonyl (C=O) groups is 1. The molecule has 1 unspecified atom stereocenters. The largest absolute Gasteiger partial charge is 0.330 e. The van der Waals surface area contributed by atoms with Crippen molar-refractivity contribution in [2.45, 2.75) is 6.42 Å². The molecular weight excluding hydrogens is 295 g/mol. The van der Waals surface area contributed by atoms with Gasteiger partial charge in [-0.15, -0.1) is 0 Å². The van der Waals surface area contributed by atoms with E-state index in [9.17, 15) is 4.79 Å². The van der Waals surface area contributed by atoms with Gasteiger partial charge >= 0.3 is 0 Å². The van der Waals surface area contributed by atoms with Gasteiger partial charge in [0.15, 0.2) is 5.82 Å². The molecule has 1 aromatic rings. The van der Waals surface area contributed by atoms with E-state index in [-0.39, 0.29) is 11.8 Å². The first-order chi connectivity index (χ1) is 7.63. The number of nitrogens with two attached hydrogens (primary N) is 1. The molecule has 2 heterocycles. The summed E-state index contributed by atoms with van der Waals surface area (Å²) in [5.41, 5.74) is 5.55. The van der Waals surface area contributed by atoms with Crippen LogP contribution in [0.4, 0.5) is 5.82 Å². The number of carbonyl (C=O) groups excluding carboxylic acids is 1. The van der Waals surface area contributed by atoms with Crippen LogP contribution in [0.1, 0.15) is 6.42 Å². The Hall–Kier alpha value is -0.720. The molecule has 0 bridgehead atoms. The zero-order chi connectivity index (χ0) is 11.7. The SMILES string of the molecule is NCC1CC(=O)N(c2ncnc(Cl)c2Br)C1. The van der Waals surface area contributed by atoms with E-state index < -0.39 is 0 Å². The van der Waals surface area contributed by atoms with Crippen molar-refractivity contribution in [2.75, 3.05) is 18.0 Å². The highest BCUT2D eigenvalue weighted by molar-refractivity contribution is 9.10. The summed E-state index contributed by atoms with van der Waals surface area (Å²) in [5.74, 6) is 0.722. The predicted molar refractivity (Wildman–Crippen MR) is 64.3 cm³/mol. The molecule has 2 N–H and O–H groups in total. The van der Waals surface area contributed by atoms with Crippen LogP contribution in [0.2, 0.25) is 5.15 Å². The molecule has 0 aliphatic carbocycles. The molecule has 86 valence electrons. The topological polar surface area (TPSA) is 72.1 Å². The third-order valence-electron chi connectivity index (χ3n) is 2.52. The molecule has 16 heavy (non-hydrogen) atoms. The molecule has 0 aromatic carbocycles. The van der Waals surface area contributed by atoms with Gasteiger partial charge in [-0.2, -0.15) is 0 Å². The van der Waals surface area contributed by atoms with Gasteiger partial charge in [0.05, 0.1) is 4.47 Å². The van der Waals surface area contributed by atoms with Crippen molar-refractivity contribution in [3.63, 3.8) is 0 Å². The minimum absolute atomic E-state index is 0.0194. The zero-order valence-electron chi connectivity index (χ0n) is 8.36. The Labute approximate surface area is 106 Å². The lowest BCUT2D eigenvalue weighted by Crippen LogP contribution is -2.27. The first-order valence-corrected chi connectivity index (χ1v) is 5.97. The normalized spacial score (nSPS) is 20.6. The number of halogens is 2. The molecule has 1 aliphatic heterocycles. The van der Waals surface area contributed by atoms with Crippen molar-refractivity contribution in [3.8, 4) is 0 Å². The van der Waals surface area contributed by atoms with E-state index in [2.05, 4.69) is 25.9 Å². The van der Waals surface area contributed by atoms with Crippen molar-refractivity contribution in [3.05, 3.63) is 16.0 Å². The van der Waals surface area contributed by atoms with Crippen molar-refractivity contribution in [2.24, 2.45) is 11.7 Å². The molecule has 1 fully saturated rings. The average Bonchev–Trinajstić information content (AvgIpc) is 2.64. The summed E-state index contributed by atoms with van der Waals surface area (Å²) in [4.78, 5) is 21.2. The molecule has 1 aliphatic rings. The predicted octanol–water partition coefficient (Wildman–Crippen LogP) is 1.20. The van der Waals surface area contributed by atoms with Crippen LogP contribution in [0.15, 0.2) is 10.8 Å². The summed E-state index contributed by atoms with van der Waals surface area (Å²) in [6, 6.07) is 0. The highest BCUT2D eigenvalue weighted by Gasteiger charge is 2.32. The third kappa shape index (κ3) is 2.05. The Balaban J connectivity index is 2.31. The maximum absolute atomic E-state index is 11.8. The number of hydrogen-bond donors (Lipinski definition) is 1. The van der Waals surface area contributed by atoms with Gasteiger partial charge in [0, 0.05) is 13.0 Å². The molecule has 2 rings (SSSR count). The van der Waals surface area contributed by atoms with Crippen LogP contribution in [-0.2, 0) is 4.79 Å². The minimum Gasteiger partial charge on any atom is -0.330 e. The van der Waals surface area contributed by atoms with E-state index in [0.717, 1.165) is 0 Å². The number of nitrogens with zero attached hydrogens (tertiary/aromatic N) is 3. The quantitative estimate of drug-likeness (QED) is 0.834. The fourth-order valence-corrected chi connectivity index (χ4v) is 2.22. The Morgan fingerprint density at radius 2 is 2.38 bits per heavy atom. The molecule has 1 atom stereocenters. The Kier molecular flexibility index (Phi) is 3.41. The van der Waals surface area contributed by atoms with E-state index in [0.29, 0.717) is 35.0 Å². The second kappa shape index (κ2) is 4.65. The maximum atomic E-state index is 11.8. The smallest absolute Gasteiger partial charge is 0.228 e. The number of hydrogen-bond acceptors (Lipinski definition) is 4. The fourth-order valence-electron chi connectivity index (χ4n) is 1.67. The van der Waals surface area contributed by atoms with Crippen molar-refractivity contribution in [1.29, 1.82) is 0 Å². The molecule has 5 nitrogen and oxygen atoms in total. The van der Waals surface area contributed by atoms with Crippen molar-refractivity contribution >= 4 is 39.3 Å². The molecule has 1 saturated heterocycles. The van der Waals surface area contributed by atoms with E-state index in [1.54, 1.807) is 4.90 Å². The highest BCUT2D eigenvalue weighted by atomic mass is 79.9. The molecule has 7 heteroatoms. The minimum atomic E-state index is 0.0194.